The minimum atomic E-state index is 0.0875. The molecule has 16 heavy (non-hydrogen) atoms. The lowest BCUT2D eigenvalue weighted by molar-refractivity contribution is -0.119. The molecule has 0 spiro atoms. The second-order valence-electron chi connectivity index (χ2n) is 4.15. The molecule has 1 aromatic carbocycles. The molecule has 1 unspecified atom stereocenters. The molecule has 84 valence electrons. The first-order valence-corrected chi connectivity index (χ1v) is 6.62. The third-order valence-corrected chi connectivity index (χ3v) is 4.20. The van der Waals surface area contributed by atoms with E-state index in [1.54, 1.807) is 11.8 Å². The van der Waals surface area contributed by atoms with Gasteiger partial charge in [-0.2, -0.15) is 0 Å². The molecule has 0 N–H and O–H groups in total. The number of hydrogen-bond donors (Lipinski definition) is 0. The number of benzene rings is 1. The van der Waals surface area contributed by atoms with Crippen molar-refractivity contribution in [2.45, 2.75) is 30.6 Å². The van der Waals surface area contributed by atoms with Crippen LogP contribution in [0.4, 0.5) is 0 Å². The SMILES string of the molecule is C=C(CC)CC(=O)C1CSc2ccccc21. The Bertz CT molecular complexity index is 422. The topological polar surface area (TPSA) is 17.1 Å². The van der Waals surface area contributed by atoms with Crippen molar-refractivity contribution in [3.8, 4) is 0 Å². The highest BCUT2D eigenvalue weighted by atomic mass is 32.2. The highest BCUT2D eigenvalue weighted by Crippen LogP contribution is 2.40. The minimum absolute atomic E-state index is 0.0875. The van der Waals surface area contributed by atoms with E-state index < -0.39 is 0 Å². The van der Waals surface area contributed by atoms with Crippen LogP contribution in [0.15, 0.2) is 41.3 Å². The fourth-order valence-electron chi connectivity index (χ4n) is 1.92. The molecule has 1 nitrogen and oxygen atoms in total. The molecule has 0 aromatic heterocycles. The number of thioether (sulfide) groups is 1. The van der Waals surface area contributed by atoms with Crippen molar-refractivity contribution in [3.05, 3.63) is 42.0 Å². The Morgan fingerprint density at radius 3 is 3.00 bits per heavy atom. The van der Waals surface area contributed by atoms with Crippen LogP contribution in [0.25, 0.3) is 0 Å². The quantitative estimate of drug-likeness (QED) is 0.734. The van der Waals surface area contributed by atoms with Crippen LogP contribution < -0.4 is 0 Å². The smallest absolute Gasteiger partial charge is 0.145 e. The molecule has 2 heteroatoms. The summed E-state index contributed by atoms with van der Waals surface area (Å²) in [6.07, 6.45) is 1.43. The van der Waals surface area contributed by atoms with Gasteiger partial charge in [0.05, 0.1) is 5.92 Å². The lowest BCUT2D eigenvalue weighted by Gasteiger charge is -2.10. The van der Waals surface area contributed by atoms with Crippen LogP contribution in [0.3, 0.4) is 0 Å². The van der Waals surface area contributed by atoms with Gasteiger partial charge in [-0.05, 0) is 18.1 Å². The number of ketones is 1. The first-order valence-electron chi connectivity index (χ1n) is 5.63. The van der Waals surface area contributed by atoms with E-state index in [1.165, 1.54) is 10.5 Å². The highest BCUT2D eigenvalue weighted by Gasteiger charge is 2.28. The predicted molar refractivity (Wildman–Crippen MR) is 69.0 cm³/mol. The molecule has 1 aromatic rings. The Morgan fingerprint density at radius 2 is 2.25 bits per heavy atom. The van der Waals surface area contributed by atoms with E-state index in [2.05, 4.69) is 18.7 Å². The molecule has 0 bridgehead atoms. The summed E-state index contributed by atoms with van der Waals surface area (Å²) in [5.74, 6) is 1.31. The number of fused-ring (bicyclic) bond motifs is 1. The summed E-state index contributed by atoms with van der Waals surface area (Å²) in [5.41, 5.74) is 2.25. The molecule has 1 atom stereocenters. The fraction of sp³-hybridized carbons (Fsp3) is 0.357. The van der Waals surface area contributed by atoms with Crippen molar-refractivity contribution in [2.24, 2.45) is 0 Å². The average molecular weight is 232 g/mol. The van der Waals surface area contributed by atoms with Gasteiger partial charge in [-0.15, -0.1) is 11.8 Å². The summed E-state index contributed by atoms with van der Waals surface area (Å²) < 4.78 is 0. The van der Waals surface area contributed by atoms with E-state index in [-0.39, 0.29) is 5.92 Å². The van der Waals surface area contributed by atoms with Gasteiger partial charge < -0.3 is 0 Å². The Labute approximate surface area is 101 Å². The minimum Gasteiger partial charge on any atom is -0.299 e. The summed E-state index contributed by atoms with van der Waals surface area (Å²) >= 11 is 1.79. The predicted octanol–water partition coefficient (Wildman–Crippen LogP) is 3.80. The van der Waals surface area contributed by atoms with Gasteiger partial charge in [0.15, 0.2) is 0 Å². The fourth-order valence-corrected chi connectivity index (χ4v) is 3.19. The molecule has 0 aliphatic carbocycles. The van der Waals surface area contributed by atoms with Gasteiger partial charge in [0.2, 0.25) is 0 Å². The molecule has 0 amide bonds. The maximum Gasteiger partial charge on any atom is 0.145 e. The Balaban J connectivity index is 2.13. The van der Waals surface area contributed by atoms with E-state index in [1.807, 2.05) is 19.1 Å². The van der Waals surface area contributed by atoms with E-state index in [0.29, 0.717) is 12.2 Å². The van der Waals surface area contributed by atoms with Crippen molar-refractivity contribution in [1.82, 2.24) is 0 Å². The van der Waals surface area contributed by atoms with Crippen molar-refractivity contribution < 1.29 is 4.79 Å². The number of carbonyl (C=O) groups is 1. The van der Waals surface area contributed by atoms with E-state index in [4.69, 9.17) is 0 Å². The molecule has 1 heterocycles. The molecule has 2 rings (SSSR count). The van der Waals surface area contributed by atoms with Gasteiger partial charge >= 0.3 is 0 Å². The second-order valence-corrected chi connectivity index (χ2v) is 5.21. The number of carbonyl (C=O) groups excluding carboxylic acids is 1. The maximum absolute atomic E-state index is 12.1. The largest absolute Gasteiger partial charge is 0.299 e. The lowest BCUT2D eigenvalue weighted by atomic mass is 9.92. The van der Waals surface area contributed by atoms with Gasteiger partial charge in [-0.3, -0.25) is 4.79 Å². The third kappa shape index (κ3) is 2.22. The molecule has 1 aliphatic heterocycles. The summed E-state index contributed by atoms with van der Waals surface area (Å²) in [6.45, 7) is 5.96. The maximum atomic E-state index is 12.1. The van der Waals surface area contributed by atoms with Crippen LogP contribution in [-0.2, 0) is 4.79 Å². The first-order chi connectivity index (χ1) is 7.72. The molecule has 0 saturated carbocycles. The van der Waals surface area contributed by atoms with Crippen LogP contribution in [0.1, 0.15) is 31.2 Å². The summed E-state index contributed by atoms with van der Waals surface area (Å²) in [5, 5.41) is 0. The third-order valence-electron chi connectivity index (χ3n) is 3.01. The number of Topliss-reactive ketones (excluding diaryl/α,β-unsaturated/α-hetero) is 1. The zero-order valence-electron chi connectivity index (χ0n) is 9.53. The van der Waals surface area contributed by atoms with Crippen molar-refractivity contribution >= 4 is 17.5 Å². The molecular formula is C14H16OS. The van der Waals surface area contributed by atoms with Gasteiger partial charge in [0.1, 0.15) is 5.78 Å². The monoisotopic (exact) mass is 232 g/mol. The van der Waals surface area contributed by atoms with E-state index in [9.17, 15) is 4.79 Å². The van der Waals surface area contributed by atoms with Gasteiger partial charge in [-0.25, -0.2) is 0 Å². The Morgan fingerprint density at radius 1 is 1.50 bits per heavy atom. The zero-order valence-corrected chi connectivity index (χ0v) is 10.3. The average Bonchev–Trinajstić information content (AvgIpc) is 2.72. The van der Waals surface area contributed by atoms with Crippen molar-refractivity contribution in [3.63, 3.8) is 0 Å². The summed E-state index contributed by atoms with van der Waals surface area (Å²) in [4.78, 5) is 13.4. The highest BCUT2D eigenvalue weighted by molar-refractivity contribution is 7.99. The van der Waals surface area contributed by atoms with Crippen LogP contribution in [0, 0.1) is 0 Å². The molecule has 0 fully saturated rings. The number of rotatable bonds is 4. The molecular weight excluding hydrogens is 216 g/mol. The summed E-state index contributed by atoms with van der Waals surface area (Å²) in [6, 6.07) is 8.22. The second kappa shape index (κ2) is 4.88. The standard InChI is InChI=1S/C14H16OS/c1-3-10(2)8-13(15)12-9-16-14-7-5-4-6-11(12)14/h4-7,12H,2-3,8-9H2,1H3. The number of hydrogen-bond acceptors (Lipinski definition) is 2. The Kier molecular flexibility index (Phi) is 3.49. The summed E-state index contributed by atoms with van der Waals surface area (Å²) in [7, 11) is 0. The molecule has 1 aliphatic rings. The van der Waals surface area contributed by atoms with Gasteiger partial charge in [-0.1, -0.05) is 37.3 Å². The van der Waals surface area contributed by atoms with Gasteiger partial charge in [0.25, 0.3) is 0 Å². The van der Waals surface area contributed by atoms with Crippen molar-refractivity contribution in [1.29, 1.82) is 0 Å². The molecule has 0 radical (unpaired) electrons. The lowest BCUT2D eigenvalue weighted by Crippen LogP contribution is -2.12. The number of allylic oxidation sites excluding steroid dienone is 1. The normalized spacial score (nSPS) is 18.2. The van der Waals surface area contributed by atoms with E-state index >= 15 is 0 Å². The van der Waals surface area contributed by atoms with Crippen LogP contribution in [-0.4, -0.2) is 11.5 Å². The van der Waals surface area contributed by atoms with Crippen LogP contribution >= 0.6 is 11.8 Å². The Hall–Kier alpha value is -1.02. The first kappa shape index (κ1) is 11.5. The van der Waals surface area contributed by atoms with Gasteiger partial charge in [0, 0.05) is 17.1 Å². The zero-order chi connectivity index (χ0) is 11.5. The molecule has 0 saturated heterocycles. The van der Waals surface area contributed by atoms with E-state index in [0.717, 1.165) is 17.7 Å². The van der Waals surface area contributed by atoms with Crippen molar-refractivity contribution in [2.75, 3.05) is 5.75 Å². The van der Waals surface area contributed by atoms with Crippen LogP contribution in [0.5, 0.6) is 0 Å². The van der Waals surface area contributed by atoms with Crippen LogP contribution in [0.2, 0.25) is 0 Å².